The van der Waals surface area contributed by atoms with Crippen molar-refractivity contribution in [2.75, 3.05) is 5.73 Å². The first kappa shape index (κ1) is 13.8. The van der Waals surface area contributed by atoms with Crippen molar-refractivity contribution >= 4 is 38.6 Å². The Morgan fingerprint density at radius 3 is 2.68 bits per heavy atom. The molecule has 0 aliphatic rings. The molecular formula is C14H15BrN2O2. The number of nitrogens with zero attached hydrogens (tertiary/aromatic N) is 1. The molecule has 100 valence electrons. The normalized spacial score (nSPS) is 11.6. The van der Waals surface area contributed by atoms with Gasteiger partial charge in [-0.2, -0.15) is 0 Å². The van der Waals surface area contributed by atoms with E-state index < -0.39 is 11.6 Å². The third-order valence-electron chi connectivity index (χ3n) is 2.45. The van der Waals surface area contributed by atoms with E-state index in [1.807, 2.05) is 32.9 Å². The van der Waals surface area contributed by atoms with Gasteiger partial charge >= 0.3 is 5.97 Å². The molecule has 2 rings (SSSR count). The van der Waals surface area contributed by atoms with E-state index in [0.29, 0.717) is 21.4 Å². The van der Waals surface area contributed by atoms with Crippen LogP contribution in [0.5, 0.6) is 0 Å². The van der Waals surface area contributed by atoms with Gasteiger partial charge in [-0.1, -0.05) is 12.1 Å². The van der Waals surface area contributed by atoms with Gasteiger partial charge in [0.2, 0.25) is 0 Å². The van der Waals surface area contributed by atoms with Gasteiger partial charge in [0.05, 0.1) is 15.6 Å². The molecule has 1 heterocycles. The molecule has 4 nitrogen and oxygen atoms in total. The summed E-state index contributed by atoms with van der Waals surface area (Å²) in [4.78, 5) is 16.4. The minimum atomic E-state index is -0.542. The van der Waals surface area contributed by atoms with Crippen LogP contribution in [0.1, 0.15) is 31.1 Å². The van der Waals surface area contributed by atoms with Crippen LogP contribution in [-0.2, 0) is 4.74 Å². The summed E-state index contributed by atoms with van der Waals surface area (Å²) in [6.07, 6.45) is 0. The van der Waals surface area contributed by atoms with Crippen molar-refractivity contribution in [1.29, 1.82) is 0 Å². The summed E-state index contributed by atoms with van der Waals surface area (Å²) in [5.74, 6) is -0.0455. The van der Waals surface area contributed by atoms with E-state index in [-0.39, 0.29) is 0 Å². The highest BCUT2D eigenvalue weighted by Crippen LogP contribution is 2.26. The average Bonchev–Trinajstić information content (AvgIpc) is 2.27. The maximum Gasteiger partial charge on any atom is 0.340 e. The zero-order chi connectivity index (χ0) is 14.2. The molecule has 0 aliphatic heterocycles. The summed E-state index contributed by atoms with van der Waals surface area (Å²) in [6, 6.07) is 7.20. The molecule has 0 bridgehead atoms. The second kappa shape index (κ2) is 4.81. The van der Waals surface area contributed by atoms with Crippen molar-refractivity contribution in [3.05, 3.63) is 34.3 Å². The fraction of sp³-hybridized carbons (Fsp3) is 0.286. The molecule has 0 unspecified atom stereocenters. The number of rotatable bonds is 1. The Morgan fingerprint density at radius 1 is 1.37 bits per heavy atom. The van der Waals surface area contributed by atoms with Crippen molar-refractivity contribution in [3.63, 3.8) is 0 Å². The Morgan fingerprint density at radius 2 is 2.05 bits per heavy atom. The Labute approximate surface area is 120 Å². The number of ether oxygens (including phenoxy) is 1. The Kier molecular flexibility index (Phi) is 3.49. The van der Waals surface area contributed by atoms with Crippen LogP contribution >= 0.6 is 15.9 Å². The second-order valence-electron chi connectivity index (χ2n) is 5.23. The van der Waals surface area contributed by atoms with Gasteiger partial charge in [-0.25, -0.2) is 9.78 Å². The lowest BCUT2D eigenvalue weighted by Crippen LogP contribution is -2.24. The number of esters is 1. The van der Waals surface area contributed by atoms with Gasteiger partial charge in [0.25, 0.3) is 0 Å². The number of hydrogen-bond donors (Lipinski definition) is 1. The smallest absolute Gasteiger partial charge is 0.340 e. The number of carbonyl (C=O) groups excluding carboxylic acids is 1. The van der Waals surface area contributed by atoms with Crippen LogP contribution in [-0.4, -0.2) is 16.6 Å². The molecule has 0 radical (unpaired) electrons. The summed E-state index contributed by atoms with van der Waals surface area (Å²) < 4.78 is 6.08. The fourth-order valence-electron chi connectivity index (χ4n) is 1.68. The van der Waals surface area contributed by atoms with Gasteiger partial charge < -0.3 is 10.5 Å². The number of hydrogen-bond acceptors (Lipinski definition) is 4. The van der Waals surface area contributed by atoms with Crippen LogP contribution in [0.25, 0.3) is 10.9 Å². The predicted octanol–water partition coefficient (Wildman–Crippen LogP) is 3.53. The summed E-state index contributed by atoms with van der Waals surface area (Å²) in [6.45, 7) is 5.48. The molecule has 0 fully saturated rings. The Balaban J connectivity index is 2.55. The lowest BCUT2D eigenvalue weighted by Gasteiger charge is -2.19. The SMILES string of the molecule is CC(C)(C)OC(=O)c1cccc2cc(Br)c(N)nc12. The van der Waals surface area contributed by atoms with Crippen molar-refractivity contribution in [3.8, 4) is 0 Å². The molecular weight excluding hydrogens is 308 g/mol. The highest BCUT2D eigenvalue weighted by molar-refractivity contribution is 9.10. The molecule has 2 aromatic rings. The zero-order valence-corrected chi connectivity index (χ0v) is 12.6. The average molecular weight is 323 g/mol. The highest BCUT2D eigenvalue weighted by Gasteiger charge is 2.20. The third-order valence-corrected chi connectivity index (χ3v) is 3.08. The van der Waals surface area contributed by atoms with Crippen LogP contribution in [0.2, 0.25) is 0 Å². The number of anilines is 1. The predicted molar refractivity (Wildman–Crippen MR) is 79.0 cm³/mol. The van der Waals surface area contributed by atoms with Gasteiger partial charge in [0.15, 0.2) is 0 Å². The highest BCUT2D eigenvalue weighted by atomic mass is 79.9. The summed E-state index contributed by atoms with van der Waals surface area (Å²) in [5, 5.41) is 0.837. The summed E-state index contributed by atoms with van der Waals surface area (Å²) in [7, 11) is 0. The standard InChI is InChI=1S/C14H15BrN2O2/c1-14(2,3)19-13(18)9-6-4-5-8-7-10(15)12(16)17-11(8)9/h4-7H,1-3H3,(H2,16,17). The molecule has 5 heteroatoms. The van der Waals surface area contributed by atoms with Crippen molar-refractivity contribution in [2.45, 2.75) is 26.4 Å². The summed E-state index contributed by atoms with van der Waals surface area (Å²) >= 11 is 3.32. The monoisotopic (exact) mass is 322 g/mol. The number of carbonyl (C=O) groups is 1. The molecule has 0 atom stereocenters. The first-order valence-corrected chi connectivity index (χ1v) is 6.65. The number of halogens is 1. The largest absolute Gasteiger partial charge is 0.456 e. The van der Waals surface area contributed by atoms with E-state index in [0.717, 1.165) is 5.39 Å². The lowest BCUT2D eigenvalue weighted by atomic mass is 10.1. The quantitative estimate of drug-likeness (QED) is 0.815. The van der Waals surface area contributed by atoms with Crippen molar-refractivity contribution in [2.24, 2.45) is 0 Å². The number of benzene rings is 1. The number of aromatic nitrogens is 1. The molecule has 0 saturated carbocycles. The molecule has 0 saturated heterocycles. The van der Waals surface area contributed by atoms with Gasteiger partial charge in [-0.15, -0.1) is 0 Å². The van der Waals surface area contributed by atoms with E-state index in [9.17, 15) is 4.79 Å². The topological polar surface area (TPSA) is 65.2 Å². The Bertz CT molecular complexity index is 648. The first-order valence-electron chi connectivity index (χ1n) is 5.86. The van der Waals surface area contributed by atoms with E-state index in [4.69, 9.17) is 10.5 Å². The van der Waals surface area contributed by atoms with Crippen LogP contribution < -0.4 is 5.73 Å². The van der Waals surface area contributed by atoms with Gasteiger partial charge in [0.1, 0.15) is 11.4 Å². The molecule has 1 aromatic heterocycles. The molecule has 19 heavy (non-hydrogen) atoms. The number of fused-ring (bicyclic) bond motifs is 1. The molecule has 0 amide bonds. The number of pyridine rings is 1. The second-order valence-corrected chi connectivity index (χ2v) is 6.09. The fourth-order valence-corrected chi connectivity index (χ4v) is 2.02. The Hall–Kier alpha value is -1.62. The molecule has 1 aromatic carbocycles. The van der Waals surface area contributed by atoms with Crippen LogP contribution in [0.15, 0.2) is 28.7 Å². The van der Waals surface area contributed by atoms with Gasteiger partial charge in [-0.05, 0) is 48.8 Å². The van der Waals surface area contributed by atoms with Gasteiger partial charge in [-0.3, -0.25) is 0 Å². The van der Waals surface area contributed by atoms with Crippen LogP contribution in [0, 0.1) is 0 Å². The van der Waals surface area contributed by atoms with Crippen molar-refractivity contribution in [1.82, 2.24) is 4.98 Å². The molecule has 2 N–H and O–H groups in total. The van der Waals surface area contributed by atoms with E-state index >= 15 is 0 Å². The number of nitrogen functional groups attached to an aromatic ring is 1. The maximum atomic E-state index is 12.2. The minimum absolute atomic E-state index is 0.350. The lowest BCUT2D eigenvalue weighted by molar-refractivity contribution is 0.00717. The number of para-hydroxylation sites is 1. The maximum absolute atomic E-state index is 12.2. The van der Waals surface area contributed by atoms with E-state index in [1.54, 1.807) is 12.1 Å². The third kappa shape index (κ3) is 3.04. The molecule has 0 aliphatic carbocycles. The van der Waals surface area contributed by atoms with Gasteiger partial charge in [0, 0.05) is 5.39 Å². The van der Waals surface area contributed by atoms with Crippen molar-refractivity contribution < 1.29 is 9.53 Å². The zero-order valence-electron chi connectivity index (χ0n) is 11.0. The first-order chi connectivity index (χ1) is 8.78. The summed E-state index contributed by atoms with van der Waals surface area (Å²) in [5.41, 5.74) is 6.21. The van der Waals surface area contributed by atoms with E-state index in [2.05, 4.69) is 20.9 Å². The molecule has 0 spiro atoms. The minimum Gasteiger partial charge on any atom is -0.456 e. The van der Waals surface area contributed by atoms with Crippen LogP contribution in [0.3, 0.4) is 0 Å². The van der Waals surface area contributed by atoms with Crippen LogP contribution in [0.4, 0.5) is 5.82 Å². The number of nitrogens with two attached hydrogens (primary N) is 1. The van der Waals surface area contributed by atoms with E-state index in [1.165, 1.54) is 0 Å².